The molecule has 0 radical (unpaired) electrons. The maximum atomic E-state index is 12.9. The number of nitrogens with one attached hydrogen (secondary N) is 1. The van der Waals surface area contributed by atoms with Crippen molar-refractivity contribution >= 4 is 46.5 Å². The van der Waals surface area contributed by atoms with Crippen molar-refractivity contribution in [2.24, 2.45) is 0 Å². The second-order valence-electron chi connectivity index (χ2n) is 5.99. The lowest BCUT2D eigenvalue weighted by Gasteiger charge is -2.11. The molecule has 3 aromatic carbocycles. The van der Waals surface area contributed by atoms with E-state index in [0.29, 0.717) is 16.8 Å². The van der Waals surface area contributed by atoms with Gasteiger partial charge in [-0.25, -0.2) is 0 Å². The minimum Gasteiger partial charge on any atom is -0.322 e. The lowest BCUT2D eigenvalue weighted by Crippen LogP contribution is -2.12. The van der Waals surface area contributed by atoms with E-state index in [0.717, 1.165) is 19.0 Å². The molecule has 0 aliphatic heterocycles. The molecule has 5 nitrogen and oxygen atoms in total. The fourth-order valence-corrected chi connectivity index (χ4v) is 5.10. The maximum absolute atomic E-state index is 12.9. The van der Waals surface area contributed by atoms with Crippen LogP contribution in [0.5, 0.6) is 0 Å². The minimum atomic E-state index is -0.197. The molecule has 30 heavy (non-hydrogen) atoms. The van der Waals surface area contributed by atoms with Crippen LogP contribution in [0.1, 0.15) is 15.9 Å². The molecule has 1 aromatic heterocycles. The summed E-state index contributed by atoms with van der Waals surface area (Å²) in [5.41, 5.74) is 3.55. The highest BCUT2D eigenvalue weighted by Crippen LogP contribution is 2.33. The number of carbonyl (C=O) groups is 1. The number of carbonyl (C=O) groups excluding carboxylic acids is 1. The molecule has 0 fully saturated rings. The molecule has 0 atom stereocenters. The zero-order chi connectivity index (χ0) is 20.8. The Bertz CT molecular complexity index is 1200. The topological polar surface area (TPSA) is 78.7 Å². The molecule has 1 N–H and O–H groups in total. The lowest BCUT2D eigenvalue weighted by molar-refractivity contribution is 0.102. The number of anilines is 1. The van der Waals surface area contributed by atoms with Gasteiger partial charge in [-0.2, -0.15) is 5.26 Å². The number of hydrogen-bond donors (Lipinski definition) is 1. The van der Waals surface area contributed by atoms with Crippen molar-refractivity contribution in [3.63, 3.8) is 0 Å². The van der Waals surface area contributed by atoms with Crippen LogP contribution in [0, 0.1) is 11.3 Å². The normalized spacial score (nSPS) is 10.4. The van der Waals surface area contributed by atoms with Crippen LogP contribution in [0.15, 0.2) is 97.3 Å². The minimum absolute atomic E-state index is 0.197. The van der Waals surface area contributed by atoms with Crippen LogP contribution < -0.4 is 5.32 Å². The van der Waals surface area contributed by atoms with E-state index in [1.807, 2.05) is 60.7 Å². The molecule has 0 saturated carbocycles. The summed E-state index contributed by atoms with van der Waals surface area (Å²) in [5.74, 6) is -0.197. The fourth-order valence-electron chi connectivity index (χ4n) is 2.62. The van der Waals surface area contributed by atoms with E-state index in [1.165, 1.54) is 34.9 Å². The van der Waals surface area contributed by atoms with Crippen molar-refractivity contribution in [3.05, 3.63) is 89.4 Å². The standard InChI is InChI=1S/C22H14N4OS3/c23-13-15-5-1-3-7-19(15)30-20-8-4-2-6-18(20)21(27)25-16-9-11-17(12-10-16)29-22-26-24-14-28-22/h1-12,14H,(H,25,27). The Morgan fingerprint density at radius 3 is 2.40 bits per heavy atom. The summed E-state index contributed by atoms with van der Waals surface area (Å²) >= 11 is 4.42. The van der Waals surface area contributed by atoms with Crippen LogP contribution in [0.2, 0.25) is 0 Å². The van der Waals surface area contributed by atoms with E-state index >= 15 is 0 Å². The lowest BCUT2D eigenvalue weighted by atomic mass is 10.2. The van der Waals surface area contributed by atoms with Gasteiger partial charge in [0.15, 0.2) is 4.34 Å². The number of rotatable bonds is 6. The van der Waals surface area contributed by atoms with E-state index in [9.17, 15) is 10.1 Å². The average molecular weight is 447 g/mol. The van der Waals surface area contributed by atoms with Crippen molar-refractivity contribution in [2.75, 3.05) is 5.32 Å². The predicted molar refractivity (Wildman–Crippen MR) is 120 cm³/mol. The largest absolute Gasteiger partial charge is 0.322 e. The van der Waals surface area contributed by atoms with Crippen LogP contribution in [0.4, 0.5) is 5.69 Å². The predicted octanol–water partition coefficient (Wildman–Crippen LogP) is 5.96. The highest BCUT2D eigenvalue weighted by Gasteiger charge is 2.14. The Labute approximate surface area is 186 Å². The highest BCUT2D eigenvalue weighted by molar-refractivity contribution is 8.01. The van der Waals surface area contributed by atoms with Gasteiger partial charge in [-0.1, -0.05) is 59.1 Å². The Morgan fingerprint density at radius 2 is 1.67 bits per heavy atom. The quantitative estimate of drug-likeness (QED) is 0.393. The van der Waals surface area contributed by atoms with Gasteiger partial charge in [-0.3, -0.25) is 4.79 Å². The molecule has 1 heterocycles. The van der Waals surface area contributed by atoms with Gasteiger partial charge in [0.1, 0.15) is 11.6 Å². The summed E-state index contributed by atoms with van der Waals surface area (Å²) in [6.45, 7) is 0. The number of hydrogen-bond acceptors (Lipinski definition) is 7. The highest BCUT2D eigenvalue weighted by atomic mass is 32.2. The SMILES string of the molecule is N#Cc1ccccc1Sc1ccccc1C(=O)Nc1ccc(Sc2nncs2)cc1. The summed E-state index contributed by atoms with van der Waals surface area (Å²) in [5, 5.41) is 20.1. The first-order valence-corrected chi connectivity index (χ1v) is 11.4. The van der Waals surface area contributed by atoms with Crippen molar-refractivity contribution < 1.29 is 4.79 Å². The molecule has 0 aliphatic rings. The molecule has 0 spiro atoms. The van der Waals surface area contributed by atoms with Crippen LogP contribution >= 0.6 is 34.9 Å². The monoisotopic (exact) mass is 446 g/mol. The molecule has 0 unspecified atom stereocenters. The molecule has 4 aromatic rings. The third-order valence-electron chi connectivity index (χ3n) is 4.02. The summed E-state index contributed by atoms with van der Waals surface area (Å²) < 4.78 is 0.871. The van der Waals surface area contributed by atoms with Crippen LogP contribution in [-0.2, 0) is 0 Å². The molecular formula is C22H14N4OS3. The molecular weight excluding hydrogens is 432 g/mol. The molecule has 0 bridgehead atoms. The van der Waals surface area contributed by atoms with Crippen molar-refractivity contribution in [3.8, 4) is 6.07 Å². The summed E-state index contributed by atoms with van der Waals surface area (Å²) in [4.78, 5) is 15.5. The van der Waals surface area contributed by atoms with E-state index in [1.54, 1.807) is 17.6 Å². The fraction of sp³-hybridized carbons (Fsp3) is 0. The van der Waals surface area contributed by atoms with Crippen LogP contribution in [-0.4, -0.2) is 16.1 Å². The Kier molecular flexibility index (Phi) is 6.44. The van der Waals surface area contributed by atoms with Gasteiger partial charge in [-0.05, 0) is 48.5 Å². The van der Waals surface area contributed by atoms with Gasteiger partial charge < -0.3 is 5.32 Å². The van der Waals surface area contributed by atoms with Gasteiger partial charge in [-0.15, -0.1) is 10.2 Å². The van der Waals surface area contributed by atoms with E-state index in [2.05, 4.69) is 21.6 Å². The van der Waals surface area contributed by atoms with Gasteiger partial charge in [0, 0.05) is 20.4 Å². The molecule has 0 aliphatic carbocycles. The summed E-state index contributed by atoms with van der Waals surface area (Å²) in [7, 11) is 0. The molecule has 0 saturated heterocycles. The second kappa shape index (κ2) is 9.59. The molecule has 146 valence electrons. The number of nitrogens with zero attached hydrogens (tertiary/aromatic N) is 3. The first-order valence-electron chi connectivity index (χ1n) is 8.84. The number of aromatic nitrogens is 2. The number of nitriles is 1. The van der Waals surface area contributed by atoms with E-state index in [4.69, 9.17) is 0 Å². The van der Waals surface area contributed by atoms with Crippen molar-refractivity contribution in [2.45, 2.75) is 19.0 Å². The van der Waals surface area contributed by atoms with Crippen LogP contribution in [0.25, 0.3) is 0 Å². The van der Waals surface area contributed by atoms with Gasteiger partial charge in [0.2, 0.25) is 0 Å². The van der Waals surface area contributed by atoms with Gasteiger partial charge >= 0.3 is 0 Å². The zero-order valence-corrected chi connectivity index (χ0v) is 17.9. The summed E-state index contributed by atoms with van der Waals surface area (Å²) in [6.07, 6.45) is 0. The Balaban J connectivity index is 1.49. The number of amides is 1. The molecule has 8 heteroatoms. The molecule has 1 amide bonds. The third-order valence-corrected chi connectivity index (χ3v) is 6.95. The third kappa shape index (κ3) is 4.89. The smallest absolute Gasteiger partial charge is 0.256 e. The van der Waals surface area contributed by atoms with Crippen molar-refractivity contribution in [1.82, 2.24) is 10.2 Å². The van der Waals surface area contributed by atoms with Gasteiger partial charge in [0.25, 0.3) is 5.91 Å². The maximum Gasteiger partial charge on any atom is 0.256 e. The molecule has 4 rings (SSSR count). The zero-order valence-electron chi connectivity index (χ0n) is 15.5. The Morgan fingerprint density at radius 1 is 0.933 bits per heavy atom. The van der Waals surface area contributed by atoms with E-state index in [-0.39, 0.29) is 5.91 Å². The van der Waals surface area contributed by atoms with Crippen LogP contribution in [0.3, 0.4) is 0 Å². The van der Waals surface area contributed by atoms with E-state index < -0.39 is 0 Å². The Hall–Kier alpha value is -3.12. The first-order chi connectivity index (χ1) is 14.7. The average Bonchev–Trinajstić information content (AvgIpc) is 3.29. The summed E-state index contributed by atoms with van der Waals surface area (Å²) in [6, 6.07) is 24.5. The van der Waals surface area contributed by atoms with Gasteiger partial charge in [0.05, 0.1) is 11.1 Å². The number of benzene rings is 3. The second-order valence-corrected chi connectivity index (χ2v) is 9.23. The first kappa shape index (κ1) is 20.2. The van der Waals surface area contributed by atoms with Crippen molar-refractivity contribution in [1.29, 1.82) is 5.26 Å².